The van der Waals surface area contributed by atoms with Gasteiger partial charge < -0.3 is 9.88 Å². The first-order chi connectivity index (χ1) is 14.3. The normalized spacial score (nSPS) is 16.8. The lowest BCUT2D eigenvalue weighted by molar-refractivity contribution is -0.120. The van der Waals surface area contributed by atoms with E-state index in [9.17, 15) is 4.79 Å². The number of fused-ring (bicyclic) bond motifs is 1. The van der Waals surface area contributed by atoms with Crippen LogP contribution in [0.25, 0.3) is 16.9 Å². The fourth-order valence-corrected chi connectivity index (χ4v) is 3.64. The Kier molecular flexibility index (Phi) is 4.39. The number of rotatable bonds is 4. The van der Waals surface area contributed by atoms with E-state index in [1.54, 1.807) is 10.9 Å². The van der Waals surface area contributed by atoms with E-state index in [4.69, 9.17) is 0 Å². The predicted octanol–water partition coefficient (Wildman–Crippen LogP) is 2.39. The average molecular weight is 388 g/mol. The Morgan fingerprint density at radius 1 is 1.10 bits per heavy atom. The summed E-state index contributed by atoms with van der Waals surface area (Å²) < 4.78 is 1.66. The third kappa shape index (κ3) is 3.54. The van der Waals surface area contributed by atoms with Crippen LogP contribution >= 0.6 is 0 Å². The predicted molar refractivity (Wildman–Crippen MR) is 109 cm³/mol. The number of imidazole rings is 1. The molecule has 1 aliphatic heterocycles. The minimum Gasteiger partial charge on any atom is -0.354 e. The summed E-state index contributed by atoms with van der Waals surface area (Å²) in [6.45, 7) is 1.45. The van der Waals surface area contributed by atoms with Crippen LogP contribution in [0, 0.1) is 5.92 Å². The Labute approximate surface area is 166 Å². The molecule has 146 valence electrons. The fraction of sp³-hybridized carbons (Fsp3) is 0.250. The number of aromatic amines is 1. The molecule has 1 saturated heterocycles. The molecule has 4 aromatic rings. The summed E-state index contributed by atoms with van der Waals surface area (Å²) in [6, 6.07) is 13.3. The van der Waals surface area contributed by atoms with Gasteiger partial charge >= 0.3 is 0 Å². The number of hydrogen-bond acceptors (Lipinski definition) is 6. The van der Waals surface area contributed by atoms with Crippen LogP contribution in [0.5, 0.6) is 0 Å². The lowest BCUT2D eigenvalue weighted by Crippen LogP contribution is -2.41. The van der Waals surface area contributed by atoms with Crippen LogP contribution in [-0.4, -0.2) is 48.9 Å². The van der Waals surface area contributed by atoms with Gasteiger partial charge in [0.25, 0.3) is 0 Å². The van der Waals surface area contributed by atoms with Crippen molar-refractivity contribution >= 4 is 28.7 Å². The summed E-state index contributed by atoms with van der Waals surface area (Å²) in [5.74, 6) is 1.74. The molecule has 4 heterocycles. The molecule has 1 amide bonds. The van der Waals surface area contributed by atoms with Crippen LogP contribution in [0.4, 0.5) is 11.8 Å². The van der Waals surface area contributed by atoms with E-state index in [1.807, 2.05) is 48.7 Å². The zero-order chi connectivity index (χ0) is 19.6. The summed E-state index contributed by atoms with van der Waals surface area (Å²) in [5, 5.41) is 15.7. The van der Waals surface area contributed by atoms with Crippen molar-refractivity contribution in [3.63, 3.8) is 0 Å². The van der Waals surface area contributed by atoms with Gasteiger partial charge in [-0.3, -0.25) is 10.1 Å². The van der Waals surface area contributed by atoms with E-state index < -0.39 is 0 Å². The van der Waals surface area contributed by atoms with Gasteiger partial charge in [-0.25, -0.2) is 9.67 Å². The Morgan fingerprint density at radius 3 is 2.76 bits per heavy atom. The van der Waals surface area contributed by atoms with Crippen molar-refractivity contribution in [3.8, 4) is 5.82 Å². The molecule has 1 atom stereocenters. The molecule has 0 aliphatic carbocycles. The first-order valence-corrected chi connectivity index (χ1v) is 9.60. The van der Waals surface area contributed by atoms with Gasteiger partial charge in [0.2, 0.25) is 11.9 Å². The smallest absolute Gasteiger partial charge is 0.231 e. The van der Waals surface area contributed by atoms with Gasteiger partial charge in [0, 0.05) is 25.5 Å². The number of piperidine rings is 1. The molecular weight excluding hydrogens is 368 g/mol. The highest BCUT2D eigenvalue weighted by molar-refractivity contribution is 5.93. The van der Waals surface area contributed by atoms with Crippen molar-refractivity contribution in [1.29, 1.82) is 0 Å². The molecule has 0 radical (unpaired) electrons. The Morgan fingerprint density at radius 2 is 1.97 bits per heavy atom. The molecule has 1 unspecified atom stereocenters. The van der Waals surface area contributed by atoms with Crippen molar-refractivity contribution in [2.75, 3.05) is 23.3 Å². The minimum atomic E-state index is -0.135. The third-order valence-electron chi connectivity index (χ3n) is 5.12. The highest BCUT2D eigenvalue weighted by Gasteiger charge is 2.27. The van der Waals surface area contributed by atoms with Crippen LogP contribution < -0.4 is 10.2 Å². The van der Waals surface area contributed by atoms with Crippen LogP contribution in [0.2, 0.25) is 0 Å². The van der Waals surface area contributed by atoms with Gasteiger partial charge in [-0.2, -0.15) is 5.10 Å². The summed E-state index contributed by atoms with van der Waals surface area (Å²) in [4.78, 5) is 22.5. The molecule has 5 rings (SSSR count). The van der Waals surface area contributed by atoms with Crippen molar-refractivity contribution in [2.24, 2.45) is 5.92 Å². The van der Waals surface area contributed by atoms with E-state index in [2.05, 4.69) is 35.5 Å². The number of benzene rings is 1. The van der Waals surface area contributed by atoms with Gasteiger partial charge in [0.15, 0.2) is 11.6 Å². The standard InChI is InChI=1S/C20H20N8O/c29-19(24-20-22-15-6-1-2-7-16(15)23-20)14-5-3-11-27(13-14)17-8-9-18(26-25-17)28-12-4-10-21-28/h1-2,4,6-10,12,14H,3,5,11,13H2,(H2,22,23,24,29). The van der Waals surface area contributed by atoms with E-state index in [0.717, 1.165) is 36.2 Å². The molecule has 1 aliphatic rings. The highest BCUT2D eigenvalue weighted by Crippen LogP contribution is 2.23. The molecule has 1 fully saturated rings. The largest absolute Gasteiger partial charge is 0.354 e. The number of nitrogens with one attached hydrogen (secondary N) is 2. The number of hydrogen-bond donors (Lipinski definition) is 2. The number of para-hydroxylation sites is 2. The van der Waals surface area contributed by atoms with E-state index in [1.165, 1.54) is 0 Å². The third-order valence-corrected chi connectivity index (χ3v) is 5.12. The zero-order valence-electron chi connectivity index (χ0n) is 15.7. The van der Waals surface area contributed by atoms with Gasteiger partial charge in [0.05, 0.1) is 17.0 Å². The number of carbonyl (C=O) groups is 1. The molecule has 2 N–H and O–H groups in total. The Bertz CT molecular complexity index is 1090. The van der Waals surface area contributed by atoms with Crippen molar-refractivity contribution in [2.45, 2.75) is 12.8 Å². The topological polar surface area (TPSA) is 105 Å². The average Bonchev–Trinajstić information content (AvgIpc) is 3.43. The number of nitrogens with zero attached hydrogens (tertiary/aromatic N) is 6. The van der Waals surface area contributed by atoms with Gasteiger partial charge in [0.1, 0.15) is 0 Å². The second kappa shape index (κ2) is 7.34. The molecular formula is C20H20N8O. The molecule has 0 spiro atoms. The second-order valence-corrected chi connectivity index (χ2v) is 7.08. The van der Waals surface area contributed by atoms with Gasteiger partial charge in [-0.1, -0.05) is 12.1 Å². The van der Waals surface area contributed by atoms with E-state index in [0.29, 0.717) is 18.3 Å². The lowest BCUT2D eigenvalue weighted by atomic mass is 9.97. The number of aromatic nitrogens is 6. The van der Waals surface area contributed by atoms with Crippen molar-refractivity contribution < 1.29 is 4.79 Å². The van der Waals surface area contributed by atoms with Crippen LogP contribution in [0.1, 0.15) is 12.8 Å². The monoisotopic (exact) mass is 388 g/mol. The van der Waals surface area contributed by atoms with E-state index >= 15 is 0 Å². The number of anilines is 2. The maximum Gasteiger partial charge on any atom is 0.231 e. The Hall–Kier alpha value is -3.75. The molecule has 9 heteroatoms. The summed E-state index contributed by atoms with van der Waals surface area (Å²) >= 11 is 0. The Balaban J connectivity index is 1.26. The maximum atomic E-state index is 12.8. The van der Waals surface area contributed by atoms with Crippen LogP contribution in [0.3, 0.4) is 0 Å². The van der Waals surface area contributed by atoms with Crippen LogP contribution in [-0.2, 0) is 4.79 Å². The van der Waals surface area contributed by atoms with E-state index in [-0.39, 0.29) is 11.8 Å². The number of H-pyrrole nitrogens is 1. The molecule has 1 aromatic carbocycles. The first-order valence-electron chi connectivity index (χ1n) is 9.60. The number of carbonyl (C=O) groups excluding carboxylic acids is 1. The highest BCUT2D eigenvalue weighted by atomic mass is 16.2. The van der Waals surface area contributed by atoms with Crippen LogP contribution in [0.15, 0.2) is 54.9 Å². The summed E-state index contributed by atoms with van der Waals surface area (Å²) in [7, 11) is 0. The SMILES string of the molecule is O=C(Nc1nc2ccccc2[nH]1)C1CCCN(c2ccc(-n3cccn3)nn2)C1. The van der Waals surface area contributed by atoms with Gasteiger partial charge in [-0.15, -0.1) is 10.2 Å². The minimum absolute atomic E-state index is 0.0325. The second-order valence-electron chi connectivity index (χ2n) is 7.08. The van der Waals surface area contributed by atoms with Gasteiger partial charge in [-0.05, 0) is 43.2 Å². The number of amides is 1. The maximum absolute atomic E-state index is 12.8. The molecule has 0 saturated carbocycles. The van der Waals surface area contributed by atoms with Crippen molar-refractivity contribution in [1.82, 2.24) is 29.9 Å². The fourth-order valence-electron chi connectivity index (χ4n) is 3.64. The quantitative estimate of drug-likeness (QED) is 0.556. The zero-order valence-corrected chi connectivity index (χ0v) is 15.7. The molecule has 29 heavy (non-hydrogen) atoms. The molecule has 3 aromatic heterocycles. The summed E-state index contributed by atoms with van der Waals surface area (Å²) in [6.07, 6.45) is 5.27. The first kappa shape index (κ1) is 17.4. The molecule has 9 nitrogen and oxygen atoms in total. The summed E-state index contributed by atoms with van der Waals surface area (Å²) in [5.41, 5.74) is 1.74. The molecule has 0 bridgehead atoms. The lowest BCUT2D eigenvalue weighted by Gasteiger charge is -2.32. The van der Waals surface area contributed by atoms with Crippen molar-refractivity contribution in [3.05, 3.63) is 54.9 Å².